The van der Waals surface area contributed by atoms with Crippen molar-refractivity contribution in [2.24, 2.45) is 11.7 Å². The van der Waals surface area contributed by atoms with Crippen molar-refractivity contribution in [3.63, 3.8) is 0 Å². The van der Waals surface area contributed by atoms with Gasteiger partial charge in [-0.2, -0.15) is 0 Å². The standard InChI is InChI=1S/C14H21N3OS/c1-11(2)5-9-17(10-6-13(15)19)14(18)12-3-7-16-8-4-12/h3-4,7-8,11H,5-6,9-10H2,1-2H3,(H2,15,19). The molecule has 0 unspecified atom stereocenters. The van der Waals surface area contributed by atoms with E-state index in [0.717, 1.165) is 13.0 Å². The van der Waals surface area contributed by atoms with Crippen LogP contribution in [0.1, 0.15) is 37.0 Å². The fourth-order valence-electron chi connectivity index (χ4n) is 1.65. The second-order valence-corrected chi connectivity index (χ2v) is 5.45. The van der Waals surface area contributed by atoms with Crippen LogP contribution < -0.4 is 5.73 Å². The Kier molecular flexibility index (Phi) is 6.42. The number of nitrogens with zero attached hydrogens (tertiary/aromatic N) is 2. The van der Waals surface area contributed by atoms with Crippen LogP contribution in [0.2, 0.25) is 0 Å². The number of amides is 1. The quantitative estimate of drug-likeness (QED) is 0.778. The lowest BCUT2D eigenvalue weighted by atomic mass is 10.1. The summed E-state index contributed by atoms with van der Waals surface area (Å²) in [5, 5.41) is 0. The van der Waals surface area contributed by atoms with Gasteiger partial charge in [0.05, 0.1) is 4.99 Å². The molecule has 1 aromatic heterocycles. The van der Waals surface area contributed by atoms with Crippen LogP contribution in [0.5, 0.6) is 0 Å². The minimum Gasteiger partial charge on any atom is -0.393 e. The highest BCUT2D eigenvalue weighted by Gasteiger charge is 2.15. The van der Waals surface area contributed by atoms with Crippen LogP contribution in [-0.2, 0) is 0 Å². The Balaban J connectivity index is 2.71. The smallest absolute Gasteiger partial charge is 0.253 e. The van der Waals surface area contributed by atoms with Crippen LogP contribution >= 0.6 is 12.2 Å². The van der Waals surface area contributed by atoms with Crippen LogP contribution in [0.15, 0.2) is 24.5 Å². The van der Waals surface area contributed by atoms with Gasteiger partial charge in [0.25, 0.3) is 5.91 Å². The second-order valence-electron chi connectivity index (χ2n) is 4.93. The minimum atomic E-state index is 0.0132. The van der Waals surface area contributed by atoms with Gasteiger partial charge in [0, 0.05) is 37.5 Å². The van der Waals surface area contributed by atoms with Crippen molar-refractivity contribution in [1.82, 2.24) is 9.88 Å². The molecule has 0 aliphatic rings. The van der Waals surface area contributed by atoms with Crippen LogP contribution in [0.3, 0.4) is 0 Å². The number of nitrogens with two attached hydrogens (primary N) is 1. The lowest BCUT2D eigenvalue weighted by Gasteiger charge is -2.23. The number of pyridine rings is 1. The van der Waals surface area contributed by atoms with E-state index in [4.69, 9.17) is 18.0 Å². The third kappa shape index (κ3) is 5.79. The van der Waals surface area contributed by atoms with Crippen molar-refractivity contribution in [3.05, 3.63) is 30.1 Å². The summed E-state index contributed by atoms with van der Waals surface area (Å²) in [6.45, 7) is 5.58. The van der Waals surface area contributed by atoms with Gasteiger partial charge in [0.2, 0.25) is 0 Å². The molecule has 0 aliphatic carbocycles. The summed E-state index contributed by atoms with van der Waals surface area (Å²) in [5.41, 5.74) is 6.17. The molecule has 0 saturated heterocycles. The summed E-state index contributed by atoms with van der Waals surface area (Å²) in [6.07, 6.45) is 4.78. The number of aromatic nitrogens is 1. The summed E-state index contributed by atoms with van der Waals surface area (Å²) in [5.74, 6) is 0.567. The second kappa shape index (κ2) is 7.84. The van der Waals surface area contributed by atoms with Crippen LogP contribution in [0, 0.1) is 5.92 Å². The van der Waals surface area contributed by atoms with Crippen LogP contribution in [-0.4, -0.2) is 33.9 Å². The average molecular weight is 279 g/mol. The van der Waals surface area contributed by atoms with Crippen molar-refractivity contribution >= 4 is 23.1 Å². The fraction of sp³-hybridized carbons (Fsp3) is 0.500. The Morgan fingerprint density at radius 1 is 1.37 bits per heavy atom. The molecule has 0 atom stereocenters. The molecule has 1 amide bonds. The highest BCUT2D eigenvalue weighted by molar-refractivity contribution is 7.80. The number of hydrogen-bond acceptors (Lipinski definition) is 3. The maximum absolute atomic E-state index is 12.4. The monoisotopic (exact) mass is 279 g/mol. The van der Waals surface area contributed by atoms with Crippen molar-refractivity contribution in [1.29, 1.82) is 0 Å². The maximum atomic E-state index is 12.4. The third-order valence-electron chi connectivity index (χ3n) is 2.82. The van der Waals surface area contributed by atoms with E-state index in [1.165, 1.54) is 0 Å². The third-order valence-corrected chi connectivity index (χ3v) is 3.02. The Morgan fingerprint density at radius 3 is 2.53 bits per heavy atom. The molecular weight excluding hydrogens is 258 g/mol. The van der Waals surface area contributed by atoms with E-state index in [9.17, 15) is 4.79 Å². The van der Waals surface area contributed by atoms with Gasteiger partial charge in [-0.15, -0.1) is 0 Å². The van der Waals surface area contributed by atoms with E-state index in [0.29, 0.717) is 29.4 Å². The molecule has 0 aliphatic heterocycles. The molecule has 4 nitrogen and oxygen atoms in total. The Hall–Kier alpha value is -1.49. The molecule has 1 rings (SSSR count). The molecule has 2 N–H and O–H groups in total. The molecule has 0 radical (unpaired) electrons. The highest BCUT2D eigenvalue weighted by Crippen LogP contribution is 2.08. The Bertz CT molecular complexity index is 420. The van der Waals surface area contributed by atoms with E-state index < -0.39 is 0 Å². The van der Waals surface area contributed by atoms with Gasteiger partial charge >= 0.3 is 0 Å². The van der Waals surface area contributed by atoms with E-state index in [2.05, 4.69) is 18.8 Å². The first-order valence-electron chi connectivity index (χ1n) is 6.48. The van der Waals surface area contributed by atoms with E-state index in [1.807, 2.05) is 4.90 Å². The van der Waals surface area contributed by atoms with Crippen molar-refractivity contribution in [2.45, 2.75) is 26.7 Å². The zero-order valence-electron chi connectivity index (χ0n) is 11.5. The minimum absolute atomic E-state index is 0.0132. The molecule has 0 aromatic carbocycles. The molecule has 0 fully saturated rings. The van der Waals surface area contributed by atoms with Gasteiger partial charge in [0.15, 0.2) is 0 Å². The lowest BCUT2D eigenvalue weighted by molar-refractivity contribution is 0.0753. The topological polar surface area (TPSA) is 59.2 Å². The van der Waals surface area contributed by atoms with Gasteiger partial charge in [-0.25, -0.2) is 0 Å². The summed E-state index contributed by atoms with van der Waals surface area (Å²) in [4.78, 5) is 18.6. The van der Waals surface area contributed by atoms with Crippen LogP contribution in [0.25, 0.3) is 0 Å². The zero-order valence-corrected chi connectivity index (χ0v) is 12.3. The number of hydrogen-bond donors (Lipinski definition) is 1. The van der Waals surface area contributed by atoms with Gasteiger partial charge in [-0.05, 0) is 24.5 Å². The predicted octanol–water partition coefficient (Wildman–Crippen LogP) is 2.25. The SMILES string of the molecule is CC(C)CCN(CCC(N)=S)C(=O)c1ccncc1. The summed E-state index contributed by atoms with van der Waals surface area (Å²) >= 11 is 4.88. The van der Waals surface area contributed by atoms with Gasteiger partial charge in [-0.3, -0.25) is 9.78 Å². The van der Waals surface area contributed by atoms with Crippen molar-refractivity contribution in [3.8, 4) is 0 Å². The molecule has 0 bridgehead atoms. The number of thiocarbonyl (C=S) groups is 1. The normalized spacial score (nSPS) is 10.5. The predicted molar refractivity (Wildman–Crippen MR) is 81.0 cm³/mol. The fourth-order valence-corrected chi connectivity index (χ4v) is 1.74. The first-order chi connectivity index (χ1) is 9.00. The summed E-state index contributed by atoms with van der Waals surface area (Å²) in [6, 6.07) is 3.46. The first-order valence-corrected chi connectivity index (χ1v) is 6.89. The molecule has 5 heteroatoms. The molecule has 0 spiro atoms. The highest BCUT2D eigenvalue weighted by atomic mass is 32.1. The number of carbonyl (C=O) groups excluding carboxylic acids is 1. The average Bonchev–Trinajstić information content (AvgIpc) is 2.38. The maximum Gasteiger partial charge on any atom is 0.253 e. The molecule has 19 heavy (non-hydrogen) atoms. The molecule has 1 aromatic rings. The van der Waals surface area contributed by atoms with Crippen molar-refractivity contribution < 1.29 is 4.79 Å². The number of rotatable bonds is 7. The largest absolute Gasteiger partial charge is 0.393 e. The first kappa shape index (κ1) is 15.6. The summed E-state index contributed by atoms with van der Waals surface area (Å²) in [7, 11) is 0. The Labute approximate surface area is 120 Å². The van der Waals surface area contributed by atoms with Gasteiger partial charge in [0.1, 0.15) is 0 Å². The van der Waals surface area contributed by atoms with Gasteiger partial charge < -0.3 is 10.6 Å². The summed E-state index contributed by atoms with van der Waals surface area (Å²) < 4.78 is 0. The van der Waals surface area contributed by atoms with Gasteiger partial charge in [-0.1, -0.05) is 26.1 Å². The van der Waals surface area contributed by atoms with E-state index >= 15 is 0 Å². The molecule has 0 saturated carbocycles. The van der Waals surface area contributed by atoms with Crippen molar-refractivity contribution in [2.75, 3.05) is 13.1 Å². The Morgan fingerprint density at radius 2 is 2.00 bits per heavy atom. The molecular formula is C14H21N3OS. The zero-order chi connectivity index (χ0) is 14.3. The van der Waals surface area contributed by atoms with Crippen LogP contribution in [0.4, 0.5) is 0 Å². The molecule has 104 valence electrons. The lowest BCUT2D eigenvalue weighted by Crippen LogP contribution is -2.35. The number of carbonyl (C=O) groups is 1. The van der Waals surface area contributed by atoms with E-state index in [1.54, 1.807) is 24.5 Å². The van der Waals surface area contributed by atoms with E-state index in [-0.39, 0.29) is 5.91 Å². The molecule has 1 heterocycles.